The average Bonchev–Trinajstić information content (AvgIpc) is 2.64. The molecule has 1 rings (SSSR count). The van der Waals surface area contributed by atoms with Gasteiger partial charge in [0.25, 0.3) is 0 Å². The molecule has 1 aliphatic heterocycles. The highest BCUT2D eigenvalue weighted by Gasteiger charge is 2.52. The first kappa shape index (κ1) is 25.0. The lowest BCUT2D eigenvalue weighted by Gasteiger charge is -2.46. The highest BCUT2D eigenvalue weighted by molar-refractivity contribution is 6.77. The van der Waals surface area contributed by atoms with Crippen molar-refractivity contribution in [2.24, 2.45) is 0 Å². The Balaban J connectivity index is 2.36. The van der Waals surface area contributed by atoms with Gasteiger partial charge < -0.3 is 30.3 Å². The summed E-state index contributed by atoms with van der Waals surface area (Å²) in [6.45, 7) is 6.24. The van der Waals surface area contributed by atoms with E-state index >= 15 is 0 Å². The average molecular weight is 407 g/mol. The maximum absolute atomic E-state index is 10.7. The van der Waals surface area contributed by atoms with Crippen LogP contribution in [0.4, 0.5) is 0 Å². The van der Waals surface area contributed by atoms with Gasteiger partial charge >= 0.3 is 0 Å². The van der Waals surface area contributed by atoms with Crippen LogP contribution in [-0.2, 0) is 4.74 Å². The van der Waals surface area contributed by atoms with Gasteiger partial charge in [-0.15, -0.1) is 0 Å². The van der Waals surface area contributed by atoms with Gasteiger partial charge in [-0.05, 0) is 0 Å². The van der Waals surface area contributed by atoms with E-state index in [1.54, 1.807) is 0 Å². The molecule has 0 radical (unpaired) electrons. The first-order chi connectivity index (χ1) is 12.7. The van der Waals surface area contributed by atoms with E-state index in [1.807, 2.05) is 0 Å². The first-order valence-corrected chi connectivity index (χ1v) is 14.1. The fourth-order valence-electron chi connectivity index (χ4n) is 3.81. The summed E-state index contributed by atoms with van der Waals surface area (Å²) in [5.74, 6) is -1.92. The maximum Gasteiger partial charge on any atom is 0.194 e. The van der Waals surface area contributed by atoms with Crippen LogP contribution in [-0.4, -0.2) is 70.4 Å². The van der Waals surface area contributed by atoms with Gasteiger partial charge in [0.15, 0.2) is 5.79 Å². The highest BCUT2D eigenvalue weighted by atomic mass is 28.3. The first-order valence-electron chi connectivity index (χ1n) is 10.7. The molecule has 0 amide bonds. The second-order valence-electron chi connectivity index (χ2n) is 9.00. The molecule has 5 N–H and O–H groups in total. The molecule has 0 unspecified atom stereocenters. The minimum absolute atomic E-state index is 0.199. The summed E-state index contributed by atoms with van der Waals surface area (Å²) in [6, 6.07) is 1.90. The van der Waals surface area contributed by atoms with Crippen LogP contribution in [0.25, 0.3) is 0 Å². The van der Waals surface area contributed by atoms with E-state index in [2.05, 4.69) is 20.0 Å². The zero-order chi connectivity index (χ0) is 20.5. The van der Waals surface area contributed by atoms with E-state index in [-0.39, 0.29) is 6.42 Å². The zero-order valence-electron chi connectivity index (χ0n) is 17.4. The van der Waals surface area contributed by atoms with Gasteiger partial charge in [0.2, 0.25) is 0 Å². The molecule has 7 heteroatoms. The Labute approximate surface area is 165 Å². The topological polar surface area (TPSA) is 110 Å². The van der Waals surface area contributed by atoms with Crippen LogP contribution in [0.1, 0.15) is 64.7 Å². The van der Waals surface area contributed by atoms with Gasteiger partial charge in [0.05, 0.1) is 6.61 Å². The fourth-order valence-corrected chi connectivity index (χ4v) is 6.30. The maximum atomic E-state index is 10.7. The molecule has 1 fully saturated rings. The van der Waals surface area contributed by atoms with Crippen LogP contribution in [0.3, 0.4) is 0 Å². The third-order valence-electron chi connectivity index (χ3n) is 5.92. The van der Waals surface area contributed by atoms with Crippen molar-refractivity contribution in [3.63, 3.8) is 0 Å². The molecule has 0 aromatic rings. The molecule has 162 valence electrons. The van der Waals surface area contributed by atoms with E-state index in [0.717, 1.165) is 12.1 Å². The molecule has 0 saturated carbocycles. The molecular formula is C20H42O6Si. The van der Waals surface area contributed by atoms with Crippen LogP contribution >= 0.6 is 0 Å². The summed E-state index contributed by atoms with van der Waals surface area (Å²) in [4.78, 5) is 0. The lowest BCUT2D eigenvalue weighted by Crippen LogP contribution is -2.65. The number of hydrogen-bond donors (Lipinski definition) is 5. The summed E-state index contributed by atoms with van der Waals surface area (Å²) in [5, 5.41) is 49.9. The van der Waals surface area contributed by atoms with E-state index in [4.69, 9.17) is 4.74 Å². The number of hydrogen-bond acceptors (Lipinski definition) is 6. The standard InChI is InChI=1S/C20H42O6Si/c1-4-5-6-7-8-9-10-11-13-27(2,3)14-12-20(25)19(24)18(23)17(22)16(15-21)26-20/h16-19,21-25H,4-15H2,1-3H3/t16-,17-,18+,19-,20-/m1/s1. The van der Waals surface area contributed by atoms with Gasteiger partial charge in [-0.2, -0.15) is 0 Å². The van der Waals surface area contributed by atoms with Gasteiger partial charge in [-0.25, -0.2) is 0 Å². The molecule has 1 saturated heterocycles. The van der Waals surface area contributed by atoms with E-state index in [9.17, 15) is 25.5 Å². The molecule has 1 heterocycles. The van der Waals surface area contributed by atoms with E-state index in [0.29, 0.717) is 0 Å². The van der Waals surface area contributed by atoms with Crippen LogP contribution in [0, 0.1) is 0 Å². The van der Waals surface area contributed by atoms with Crippen molar-refractivity contribution in [3.8, 4) is 0 Å². The molecule has 0 aromatic heterocycles. The van der Waals surface area contributed by atoms with E-state index < -0.39 is 44.9 Å². The molecule has 0 aromatic carbocycles. The number of rotatable bonds is 13. The van der Waals surface area contributed by atoms with Crippen molar-refractivity contribution in [1.82, 2.24) is 0 Å². The summed E-state index contributed by atoms with van der Waals surface area (Å²) in [6.07, 6.45) is 4.89. The van der Waals surface area contributed by atoms with Gasteiger partial charge in [0.1, 0.15) is 24.4 Å². The third kappa shape index (κ3) is 8.09. The molecule has 5 atom stereocenters. The Hall–Kier alpha value is -0.0231. The summed E-state index contributed by atoms with van der Waals surface area (Å²) >= 11 is 0. The van der Waals surface area contributed by atoms with Crippen LogP contribution < -0.4 is 0 Å². The Morgan fingerprint density at radius 2 is 1.41 bits per heavy atom. The largest absolute Gasteiger partial charge is 0.394 e. The van der Waals surface area contributed by atoms with Crippen molar-refractivity contribution in [3.05, 3.63) is 0 Å². The number of ether oxygens (including phenoxy) is 1. The zero-order valence-corrected chi connectivity index (χ0v) is 18.4. The highest BCUT2D eigenvalue weighted by Crippen LogP contribution is 2.34. The van der Waals surface area contributed by atoms with E-state index in [1.165, 1.54) is 51.4 Å². The van der Waals surface area contributed by atoms with Crippen molar-refractivity contribution in [2.75, 3.05) is 6.61 Å². The van der Waals surface area contributed by atoms with Gasteiger partial charge in [-0.1, -0.05) is 83.5 Å². The minimum Gasteiger partial charge on any atom is -0.394 e. The molecular weight excluding hydrogens is 364 g/mol. The minimum atomic E-state index is -1.92. The third-order valence-corrected chi connectivity index (χ3v) is 9.23. The molecule has 0 spiro atoms. The van der Waals surface area contributed by atoms with Crippen molar-refractivity contribution < 1.29 is 30.3 Å². The lowest BCUT2D eigenvalue weighted by atomic mass is 9.91. The number of aliphatic hydroxyl groups excluding tert-OH is 4. The molecule has 0 bridgehead atoms. The molecule has 27 heavy (non-hydrogen) atoms. The van der Waals surface area contributed by atoms with Crippen LogP contribution in [0.5, 0.6) is 0 Å². The molecule has 6 nitrogen and oxygen atoms in total. The molecule has 0 aliphatic carbocycles. The van der Waals surface area contributed by atoms with Crippen molar-refractivity contribution in [2.45, 2.75) is 120 Å². The Bertz CT molecular complexity index is 406. The second kappa shape index (κ2) is 11.9. The van der Waals surface area contributed by atoms with Gasteiger partial charge in [-0.3, -0.25) is 0 Å². The predicted octanol–water partition coefficient (Wildman–Crippen LogP) is 2.39. The van der Waals surface area contributed by atoms with Crippen molar-refractivity contribution in [1.29, 1.82) is 0 Å². The summed E-state index contributed by atoms with van der Waals surface area (Å²) in [7, 11) is -1.57. The normalized spacial score (nSPS) is 32.0. The number of unbranched alkanes of at least 4 members (excludes halogenated alkanes) is 7. The monoisotopic (exact) mass is 406 g/mol. The Kier molecular flexibility index (Phi) is 11.0. The smallest absolute Gasteiger partial charge is 0.194 e. The van der Waals surface area contributed by atoms with Crippen LogP contribution in [0.15, 0.2) is 0 Å². The predicted molar refractivity (Wildman–Crippen MR) is 109 cm³/mol. The van der Waals surface area contributed by atoms with Crippen LogP contribution in [0.2, 0.25) is 25.2 Å². The lowest BCUT2D eigenvalue weighted by molar-refractivity contribution is -0.349. The number of aliphatic hydroxyl groups is 5. The Morgan fingerprint density at radius 3 is 1.96 bits per heavy atom. The summed E-state index contributed by atoms with van der Waals surface area (Å²) < 4.78 is 5.37. The fraction of sp³-hybridized carbons (Fsp3) is 1.00. The van der Waals surface area contributed by atoms with Crippen molar-refractivity contribution >= 4 is 8.07 Å². The quantitative estimate of drug-likeness (QED) is 0.237. The second-order valence-corrected chi connectivity index (χ2v) is 14.3. The Morgan fingerprint density at radius 1 is 0.852 bits per heavy atom. The van der Waals surface area contributed by atoms with Gasteiger partial charge in [0, 0.05) is 14.5 Å². The SMILES string of the molecule is CCCCCCCCCC[Si](C)(C)CC[C@@]1(O)O[C@H](CO)[C@@H](O)[C@H](O)[C@H]1O. The molecule has 1 aliphatic rings. The summed E-state index contributed by atoms with van der Waals surface area (Å²) in [5.41, 5.74) is 0.